The molecule has 2 heterocycles. The van der Waals surface area contributed by atoms with E-state index in [2.05, 4.69) is 16.7 Å². The molecule has 4 rings (SSSR count). The Bertz CT molecular complexity index is 742. The van der Waals surface area contributed by atoms with Crippen LogP contribution in [-0.2, 0) is 4.79 Å². The zero-order valence-electron chi connectivity index (χ0n) is 17.2. The Morgan fingerprint density at radius 1 is 1.00 bits per heavy atom. The van der Waals surface area contributed by atoms with Crippen molar-refractivity contribution in [1.82, 2.24) is 9.80 Å². The van der Waals surface area contributed by atoms with Crippen LogP contribution in [0.2, 0.25) is 0 Å². The molecule has 1 aliphatic carbocycles. The third-order valence-corrected chi connectivity index (χ3v) is 6.65. The van der Waals surface area contributed by atoms with E-state index in [4.69, 9.17) is 9.90 Å². The van der Waals surface area contributed by atoms with Crippen molar-refractivity contribution in [3.63, 3.8) is 0 Å². The minimum absolute atomic E-state index is 0.218. The van der Waals surface area contributed by atoms with Gasteiger partial charge in [0.1, 0.15) is 0 Å². The number of rotatable bonds is 2. The van der Waals surface area contributed by atoms with Crippen LogP contribution in [0.25, 0.3) is 0 Å². The summed E-state index contributed by atoms with van der Waals surface area (Å²) in [4.78, 5) is 26.3. The van der Waals surface area contributed by atoms with Crippen LogP contribution in [0, 0.1) is 12.3 Å². The number of nitrogens with zero attached hydrogens (tertiary/aromatic N) is 2. The number of hydrogen-bond acceptors (Lipinski definition) is 3. The summed E-state index contributed by atoms with van der Waals surface area (Å²) in [6, 6.07) is 8.84. The average Bonchev–Trinajstić information content (AvgIpc) is 3.20. The monoisotopic (exact) mass is 426 g/mol. The summed E-state index contributed by atoms with van der Waals surface area (Å²) >= 11 is 0. The number of alkyl halides is 3. The standard InChI is InChI=1S/C20H28N2O.C2HF3O2/c1-16-4-6-17(7-5-16)19(23)22-12-8-20(9-13-22)14-18(15-20)21-10-2-3-11-21;3-2(4,5)1(6)7/h4-7,18H,2-3,8-15H2,1H3;(H,6,7). The van der Waals surface area contributed by atoms with E-state index in [1.807, 2.05) is 24.3 Å². The molecule has 0 atom stereocenters. The highest BCUT2D eigenvalue weighted by molar-refractivity contribution is 5.94. The summed E-state index contributed by atoms with van der Waals surface area (Å²) in [5.74, 6) is -2.54. The van der Waals surface area contributed by atoms with E-state index in [1.165, 1.54) is 57.2 Å². The predicted octanol–water partition coefficient (Wildman–Crippen LogP) is 4.11. The van der Waals surface area contributed by atoms with E-state index in [9.17, 15) is 18.0 Å². The van der Waals surface area contributed by atoms with Crippen LogP contribution in [-0.4, -0.2) is 65.2 Å². The van der Waals surface area contributed by atoms with Gasteiger partial charge in [-0.15, -0.1) is 0 Å². The third kappa shape index (κ3) is 5.33. The second kappa shape index (κ2) is 8.96. The van der Waals surface area contributed by atoms with Crippen molar-refractivity contribution in [2.45, 2.75) is 57.7 Å². The van der Waals surface area contributed by atoms with E-state index in [0.717, 1.165) is 24.7 Å². The number of halogens is 3. The van der Waals surface area contributed by atoms with E-state index in [0.29, 0.717) is 5.41 Å². The normalized spacial score (nSPS) is 21.7. The molecule has 0 radical (unpaired) electrons. The van der Waals surface area contributed by atoms with Crippen molar-refractivity contribution < 1.29 is 27.9 Å². The number of amides is 1. The van der Waals surface area contributed by atoms with E-state index >= 15 is 0 Å². The van der Waals surface area contributed by atoms with Gasteiger partial charge in [-0.25, -0.2) is 4.79 Å². The van der Waals surface area contributed by atoms with Gasteiger partial charge >= 0.3 is 12.1 Å². The minimum atomic E-state index is -5.08. The second-order valence-corrected chi connectivity index (χ2v) is 8.77. The molecule has 0 aromatic heterocycles. The van der Waals surface area contributed by atoms with Gasteiger partial charge in [-0.2, -0.15) is 13.2 Å². The molecule has 3 fully saturated rings. The summed E-state index contributed by atoms with van der Waals surface area (Å²) in [5.41, 5.74) is 2.61. The molecule has 0 bridgehead atoms. The SMILES string of the molecule is Cc1ccc(C(=O)N2CCC3(CC2)CC(N2CCCC2)C3)cc1.O=C(O)C(F)(F)F. The quantitative estimate of drug-likeness (QED) is 0.773. The molecule has 1 N–H and O–H groups in total. The molecule has 8 heteroatoms. The molecular weight excluding hydrogens is 397 g/mol. The van der Waals surface area contributed by atoms with Crippen LogP contribution in [0.1, 0.15) is 54.4 Å². The number of carboxylic acids is 1. The molecule has 1 aromatic rings. The topological polar surface area (TPSA) is 60.9 Å². The number of aryl methyl sites for hydroxylation is 1. The van der Waals surface area contributed by atoms with Crippen LogP contribution in [0.3, 0.4) is 0 Å². The first-order valence-electron chi connectivity index (χ1n) is 10.5. The zero-order valence-corrected chi connectivity index (χ0v) is 17.2. The lowest BCUT2D eigenvalue weighted by Gasteiger charge is -2.54. The first-order valence-corrected chi connectivity index (χ1v) is 10.5. The van der Waals surface area contributed by atoms with Gasteiger partial charge in [0.15, 0.2) is 0 Å². The summed E-state index contributed by atoms with van der Waals surface area (Å²) < 4.78 is 31.7. The fraction of sp³-hybridized carbons (Fsp3) is 0.636. The fourth-order valence-corrected chi connectivity index (χ4v) is 4.78. The summed E-state index contributed by atoms with van der Waals surface area (Å²) in [5, 5.41) is 7.12. The lowest BCUT2D eigenvalue weighted by Crippen LogP contribution is -2.55. The highest BCUT2D eigenvalue weighted by atomic mass is 19.4. The van der Waals surface area contributed by atoms with Gasteiger partial charge in [0.05, 0.1) is 0 Å². The van der Waals surface area contributed by atoms with Crippen LogP contribution >= 0.6 is 0 Å². The highest BCUT2D eigenvalue weighted by Crippen LogP contribution is 2.51. The molecule has 1 spiro atoms. The number of benzene rings is 1. The number of likely N-dealkylation sites (tertiary alicyclic amines) is 2. The van der Waals surface area contributed by atoms with Gasteiger partial charge in [-0.3, -0.25) is 4.79 Å². The average molecular weight is 426 g/mol. The highest BCUT2D eigenvalue weighted by Gasteiger charge is 2.48. The number of aliphatic carboxylic acids is 1. The molecule has 1 aromatic carbocycles. The van der Waals surface area contributed by atoms with Crippen LogP contribution in [0.4, 0.5) is 13.2 Å². The fourth-order valence-electron chi connectivity index (χ4n) is 4.78. The second-order valence-electron chi connectivity index (χ2n) is 8.77. The Morgan fingerprint density at radius 2 is 1.50 bits per heavy atom. The van der Waals surface area contributed by atoms with E-state index in [-0.39, 0.29) is 5.91 Å². The molecule has 30 heavy (non-hydrogen) atoms. The number of carbonyl (C=O) groups is 2. The molecule has 2 saturated heterocycles. The molecule has 5 nitrogen and oxygen atoms in total. The molecule has 3 aliphatic rings. The largest absolute Gasteiger partial charge is 0.490 e. The first kappa shape index (κ1) is 22.6. The lowest BCUT2D eigenvalue weighted by molar-refractivity contribution is -0.192. The van der Waals surface area contributed by atoms with Crippen LogP contribution in [0.5, 0.6) is 0 Å². The molecule has 0 unspecified atom stereocenters. The molecule has 1 saturated carbocycles. The maximum atomic E-state index is 12.6. The van der Waals surface area contributed by atoms with Crippen LogP contribution < -0.4 is 0 Å². The minimum Gasteiger partial charge on any atom is -0.475 e. The molecule has 1 amide bonds. The van der Waals surface area contributed by atoms with Crippen LogP contribution in [0.15, 0.2) is 24.3 Å². The molecule has 166 valence electrons. The van der Waals surface area contributed by atoms with Gasteiger partial charge in [0.2, 0.25) is 0 Å². The Morgan fingerprint density at radius 3 is 1.97 bits per heavy atom. The smallest absolute Gasteiger partial charge is 0.475 e. The van der Waals surface area contributed by atoms with Crippen molar-refractivity contribution in [3.05, 3.63) is 35.4 Å². The molecule has 2 aliphatic heterocycles. The summed E-state index contributed by atoms with van der Waals surface area (Å²) in [6.45, 7) is 6.59. The van der Waals surface area contributed by atoms with Gasteiger partial charge in [-0.1, -0.05) is 17.7 Å². The molecular formula is C22H29F3N2O3. The van der Waals surface area contributed by atoms with Crippen molar-refractivity contribution >= 4 is 11.9 Å². The zero-order chi connectivity index (χ0) is 21.9. The van der Waals surface area contributed by atoms with Crippen molar-refractivity contribution in [1.29, 1.82) is 0 Å². The predicted molar refractivity (Wildman–Crippen MR) is 106 cm³/mol. The Balaban J connectivity index is 0.000000318. The summed E-state index contributed by atoms with van der Waals surface area (Å²) in [6.07, 6.45) is 2.85. The summed E-state index contributed by atoms with van der Waals surface area (Å²) in [7, 11) is 0. The third-order valence-electron chi connectivity index (χ3n) is 6.65. The number of piperidine rings is 1. The van der Waals surface area contributed by atoms with Crippen molar-refractivity contribution in [3.8, 4) is 0 Å². The Hall–Kier alpha value is -2.09. The maximum Gasteiger partial charge on any atom is 0.490 e. The van der Waals surface area contributed by atoms with E-state index in [1.54, 1.807) is 0 Å². The van der Waals surface area contributed by atoms with Crippen molar-refractivity contribution in [2.75, 3.05) is 26.2 Å². The Labute approximate surface area is 174 Å². The van der Waals surface area contributed by atoms with Gasteiger partial charge in [-0.05, 0) is 76.1 Å². The number of carboxylic acid groups (broad SMARTS) is 1. The number of carbonyl (C=O) groups excluding carboxylic acids is 1. The lowest BCUT2D eigenvalue weighted by atomic mass is 9.60. The van der Waals surface area contributed by atoms with Gasteiger partial charge in [0, 0.05) is 24.7 Å². The first-order chi connectivity index (χ1) is 14.1. The van der Waals surface area contributed by atoms with Gasteiger partial charge in [0.25, 0.3) is 5.91 Å². The number of hydrogen-bond donors (Lipinski definition) is 1. The van der Waals surface area contributed by atoms with E-state index < -0.39 is 12.1 Å². The van der Waals surface area contributed by atoms with Crippen molar-refractivity contribution in [2.24, 2.45) is 5.41 Å². The maximum absolute atomic E-state index is 12.6. The van der Waals surface area contributed by atoms with Gasteiger partial charge < -0.3 is 14.9 Å². The Kier molecular flexibility index (Phi) is 6.75.